The van der Waals surface area contributed by atoms with E-state index in [1.807, 2.05) is 0 Å². The maximum absolute atomic E-state index is 13.5. The molecular weight excluding hydrogens is 564 g/mol. The van der Waals surface area contributed by atoms with Gasteiger partial charge in [-0.2, -0.15) is 4.31 Å². The number of sulfonamides is 1. The molecule has 42 heavy (non-hydrogen) atoms. The molecule has 220 valence electrons. The summed E-state index contributed by atoms with van der Waals surface area (Å²) in [6, 6.07) is 27.6. The number of rotatable bonds is 7. The van der Waals surface area contributed by atoms with Gasteiger partial charge in [0.25, 0.3) is 0 Å². The minimum Gasteiger partial charge on any atom is -0.325 e. The van der Waals surface area contributed by atoms with Gasteiger partial charge >= 0.3 is 0 Å². The first kappa shape index (κ1) is 28.1. The van der Waals surface area contributed by atoms with Gasteiger partial charge in [-0.15, -0.1) is 0 Å². The smallest absolute Gasteiger partial charge is 0.243 e. The van der Waals surface area contributed by atoms with Gasteiger partial charge in [-0.25, -0.2) is 13.4 Å². The van der Waals surface area contributed by atoms with Gasteiger partial charge in [-0.1, -0.05) is 60.1 Å². The molecule has 0 spiro atoms. The second-order valence-corrected chi connectivity index (χ2v) is 14.9. The van der Waals surface area contributed by atoms with E-state index in [-0.39, 0.29) is 10.3 Å². The fourth-order valence-corrected chi connectivity index (χ4v) is 9.94. The zero-order valence-corrected chi connectivity index (χ0v) is 25.8. The van der Waals surface area contributed by atoms with Gasteiger partial charge in [0, 0.05) is 36.2 Å². The van der Waals surface area contributed by atoms with Crippen molar-refractivity contribution < 1.29 is 8.42 Å². The van der Waals surface area contributed by atoms with Crippen molar-refractivity contribution in [2.24, 2.45) is 0 Å². The monoisotopic (exact) mass is 602 g/mol. The molecule has 2 bridgehead atoms. The number of para-hydroxylation sites is 2. The van der Waals surface area contributed by atoms with Gasteiger partial charge in [0.1, 0.15) is 5.82 Å². The number of piperidine rings is 2. The van der Waals surface area contributed by atoms with Crippen molar-refractivity contribution in [3.63, 3.8) is 0 Å². The topological polar surface area (TPSA) is 58.4 Å². The highest BCUT2D eigenvalue weighted by atomic mass is 35.5. The molecule has 3 saturated heterocycles. The Morgan fingerprint density at radius 2 is 1.57 bits per heavy atom. The van der Waals surface area contributed by atoms with Crippen molar-refractivity contribution in [2.45, 2.75) is 80.3 Å². The number of fused-ring (bicyclic) bond motifs is 3. The second kappa shape index (κ2) is 11.1. The molecule has 3 atom stereocenters. The summed E-state index contributed by atoms with van der Waals surface area (Å²) in [7, 11) is -3.58. The second-order valence-electron chi connectivity index (χ2n) is 12.5. The van der Waals surface area contributed by atoms with Gasteiger partial charge in [-0.3, -0.25) is 4.90 Å². The lowest BCUT2D eigenvalue weighted by atomic mass is 9.70. The lowest BCUT2D eigenvalue weighted by Gasteiger charge is -2.45. The van der Waals surface area contributed by atoms with Crippen LogP contribution >= 0.6 is 11.6 Å². The van der Waals surface area contributed by atoms with Gasteiger partial charge in [-0.05, 0) is 99.7 Å². The fourth-order valence-electron chi connectivity index (χ4n) is 8.20. The number of imidazole rings is 1. The highest BCUT2D eigenvalue weighted by Gasteiger charge is 2.44. The predicted molar refractivity (Wildman–Crippen MR) is 168 cm³/mol. The van der Waals surface area contributed by atoms with Crippen LogP contribution in [0, 0.1) is 6.92 Å². The zero-order chi connectivity index (χ0) is 28.9. The highest BCUT2D eigenvalue weighted by molar-refractivity contribution is 7.89. The van der Waals surface area contributed by atoms with Crippen LogP contribution in [0.5, 0.6) is 0 Å². The molecule has 0 saturated carbocycles. The highest BCUT2D eigenvalue weighted by Crippen LogP contribution is 2.45. The Hall–Kier alpha value is -2.71. The fraction of sp³-hybridized carbons (Fsp3) is 0.441. The van der Waals surface area contributed by atoms with Crippen LogP contribution in [-0.2, 0) is 15.4 Å². The molecule has 3 aliphatic rings. The Morgan fingerprint density at radius 3 is 2.29 bits per heavy atom. The number of hydrogen-bond donors (Lipinski definition) is 0. The molecule has 7 rings (SSSR count). The average Bonchev–Trinajstić information content (AvgIpc) is 3.47. The first-order chi connectivity index (χ1) is 20.3. The van der Waals surface area contributed by atoms with Crippen molar-refractivity contribution >= 4 is 32.7 Å². The minimum atomic E-state index is -3.58. The molecule has 4 aromatic rings. The van der Waals surface area contributed by atoms with Gasteiger partial charge in [0.15, 0.2) is 0 Å². The quantitative estimate of drug-likeness (QED) is 0.229. The number of aromatic nitrogens is 2. The number of halogens is 1. The van der Waals surface area contributed by atoms with E-state index in [1.54, 1.807) is 28.6 Å². The van der Waals surface area contributed by atoms with Crippen LogP contribution in [0.2, 0.25) is 5.02 Å². The van der Waals surface area contributed by atoms with Gasteiger partial charge in [0.05, 0.1) is 15.9 Å². The summed E-state index contributed by atoms with van der Waals surface area (Å²) >= 11 is 6.14. The van der Waals surface area contributed by atoms with Crippen molar-refractivity contribution in [3.8, 4) is 0 Å². The lowest BCUT2D eigenvalue weighted by Crippen LogP contribution is -2.49. The first-order valence-electron chi connectivity index (χ1n) is 15.3. The Kier molecular flexibility index (Phi) is 7.42. The van der Waals surface area contributed by atoms with Gasteiger partial charge in [0.2, 0.25) is 10.0 Å². The number of aryl methyl sites for hydroxylation is 1. The van der Waals surface area contributed by atoms with E-state index in [9.17, 15) is 8.42 Å². The summed E-state index contributed by atoms with van der Waals surface area (Å²) < 4.78 is 31.1. The molecule has 4 heterocycles. The molecule has 0 aliphatic carbocycles. The Labute approximate surface area is 254 Å². The van der Waals surface area contributed by atoms with E-state index in [0.29, 0.717) is 36.2 Å². The molecule has 6 nitrogen and oxygen atoms in total. The third-order valence-corrected chi connectivity index (χ3v) is 12.5. The first-order valence-corrected chi connectivity index (χ1v) is 17.2. The predicted octanol–water partition coefficient (Wildman–Crippen LogP) is 6.98. The molecule has 0 unspecified atom stereocenters. The minimum absolute atomic E-state index is 0.0327. The molecule has 3 aliphatic heterocycles. The van der Waals surface area contributed by atoms with E-state index in [1.165, 1.54) is 36.8 Å². The molecule has 0 radical (unpaired) electrons. The third-order valence-electron chi connectivity index (χ3n) is 10.3. The molecule has 3 aromatic carbocycles. The van der Waals surface area contributed by atoms with E-state index < -0.39 is 10.0 Å². The number of nitrogens with zero attached hydrogens (tertiary/aromatic N) is 4. The Bertz CT molecular complexity index is 1670. The summed E-state index contributed by atoms with van der Waals surface area (Å²) in [5.74, 6) is 1.12. The van der Waals surface area contributed by atoms with Crippen LogP contribution < -0.4 is 0 Å². The van der Waals surface area contributed by atoms with E-state index >= 15 is 0 Å². The molecule has 3 fully saturated rings. The van der Waals surface area contributed by atoms with Crippen LogP contribution in [0.1, 0.15) is 62.4 Å². The molecule has 8 heteroatoms. The van der Waals surface area contributed by atoms with E-state index in [0.717, 1.165) is 37.1 Å². The largest absolute Gasteiger partial charge is 0.325 e. The lowest BCUT2D eigenvalue weighted by molar-refractivity contribution is 0.0895. The average molecular weight is 603 g/mol. The van der Waals surface area contributed by atoms with Gasteiger partial charge < -0.3 is 4.57 Å². The van der Waals surface area contributed by atoms with Crippen molar-refractivity contribution in [1.82, 2.24) is 18.8 Å². The number of hydrogen-bond acceptors (Lipinski definition) is 4. The summed E-state index contributed by atoms with van der Waals surface area (Å²) in [6.45, 7) is 4.25. The van der Waals surface area contributed by atoms with E-state index in [4.69, 9.17) is 16.6 Å². The number of benzene rings is 3. The summed E-state index contributed by atoms with van der Waals surface area (Å²) in [5.41, 5.74) is 3.66. The summed E-state index contributed by atoms with van der Waals surface area (Å²) in [6.07, 6.45) is 7.55. The Balaban J connectivity index is 1.08. The standard InChI is InChI=1S/C34H39ClN4O2S/c1-25-36-32-12-5-6-13-33(32)39(25)30-23-28-14-15-29(24-30)38(28)21-18-34(26-8-3-2-4-9-26)16-19-37(20-17-34)42(40,41)31-11-7-10-27(35)22-31/h2-13,22,28-30H,14-21,23-24H2,1H3/t28-,29+,30+. The summed E-state index contributed by atoms with van der Waals surface area (Å²) in [5, 5.41) is 0.446. The Morgan fingerprint density at radius 1 is 0.881 bits per heavy atom. The summed E-state index contributed by atoms with van der Waals surface area (Å²) in [4.78, 5) is 7.94. The molecular formula is C34H39ClN4O2S. The van der Waals surface area contributed by atoms with Crippen LogP contribution in [0.25, 0.3) is 11.0 Å². The molecule has 1 aromatic heterocycles. The van der Waals surface area contributed by atoms with Crippen LogP contribution in [0.3, 0.4) is 0 Å². The van der Waals surface area contributed by atoms with E-state index in [2.05, 4.69) is 71.0 Å². The van der Waals surface area contributed by atoms with Crippen molar-refractivity contribution in [1.29, 1.82) is 0 Å². The maximum atomic E-state index is 13.5. The SMILES string of the molecule is Cc1nc2ccccc2n1[C@H]1C[C@H]2CC[C@@H](C1)N2CCC1(c2ccccc2)CCN(S(=O)(=O)c2cccc(Cl)c2)CC1. The van der Waals surface area contributed by atoms with Crippen molar-refractivity contribution in [2.75, 3.05) is 19.6 Å². The maximum Gasteiger partial charge on any atom is 0.243 e. The van der Waals surface area contributed by atoms with Crippen molar-refractivity contribution in [3.05, 3.63) is 95.3 Å². The van der Waals surface area contributed by atoms with Crippen LogP contribution in [0.15, 0.2) is 83.8 Å². The molecule has 0 amide bonds. The van der Waals surface area contributed by atoms with Crippen LogP contribution in [-0.4, -0.2) is 58.9 Å². The third kappa shape index (κ3) is 4.98. The zero-order valence-electron chi connectivity index (χ0n) is 24.2. The van der Waals surface area contributed by atoms with Crippen LogP contribution in [0.4, 0.5) is 0 Å². The normalized spacial score (nSPS) is 24.8. The molecule has 0 N–H and O–H groups in total.